The van der Waals surface area contributed by atoms with Crippen LogP contribution in [-0.4, -0.2) is 61.4 Å². The van der Waals surface area contributed by atoms with Crippen LogP contribution in [0.5, 0.6) is 11.5 Å². The maximum absolute atomic E-state index is 12.9. The maximum atomic E-state index is 12.9. The number of amides is 3. The maximum Gasteiger partial charge on any atom is 0.229 e. The van der Waals surface area contributed by atoms with Crippen LogP contribution in [0.15, 0.2) is 42.5 Å². The first-order valence-corrected chi connectivity index (χ1v) is 11.6. The Bertz CT molecular complexity index is 1070. The molecule has 180 valence electrons. The predicted octanol–water partition coefficient (Wildman–Crippen LogP) is 2.86. The number of carbonyl (C=O) groups excluding carboxylic acids is 3. The number of hydrogen-bond acceptors (Lipinski definition) is 5. The average molecular weight is 466 g/mol. The first kappa shape index (κ1) is 23.6. The van der Waals surface area contributed by atoms with Gasteiger partial charge in [0.05, 0.1) is 20.1 Å². The molecular weight excluding hydrogens is 434 g/mol. The van der Waals surface area contributed by atoms with E-state index in [4.69, 9.17) is 9.47 Å². The van der Waals surface area contributed by atoms with Crippen LogP contribution in [-0.2, 0) is 27.3 Å². The van der Waals surface area contributed by atoms with E-state index in [1.165, 1.54) is 0 Å². The molecule has 2 aliphatic heterocycles. The van der Waals surface area contributed by atoms with E-state index in [1.807, 2.05) is 47.4 Å². The molecule has 8 nitrogen and oxygen atoms in total. The van der Waals surface area contributed by atoms with Crippen LogP contribution in [0.2, 0.25) is 0 Å². The summed E-state index contributed by atoms with van der Waals surface area (Å²) in [4.78, 5) is 40.9. The minimum atomic E-state index is -0.387. The topological polar surface area (TPSA) is 88.2 Å². The largest absolute Gasteiger partial charge is 0.493 e. The summed E-state index contributed by atoms with van der Waals surface area (Å²) in [5.41, 5.74) is 2.70. The SMILES string of the molecule is COc1ccc(CCN2CC(C(=O)Nc3cccc(CN4CCCC4=O)c3)CC2=O)cc1OC. The van der Waals surface area contributed by atoms with Gasteiger partial charge in [0.25, 0.3) is 0 Å². The number of nitrogens with one attached hydrogen (secondary N) is 1. The number of ether oxygens (including phenoxy) is 2. The number of likely N-dealkylation sites (tertiary alicyclic amines) is 2. The van der Waals surface area contributed by atoms with E-state index >= 15 is 0 Å². The van der Waals surface area contributed by atoms with Gasteiger partial charge in [0.1, 0.15) is 0 Å². The summed E-state index contributed by atoms with van der Waals surface area (Å²) < 4.78 is 10.6. The first-order chi connectivity index (χ1) is 16.5. The van der Waals surface area contributed by atoms with Gasteiger partial charge in [-0.2, -0.15) is 0 Å². The van der Waals surface area contributed by atoms with Crippen LogP contribution in [0.25, 0.3) is 0 Å². The second-order valence-electron chi connectivity index (χ2n) is 8.79. The Hall–Kier alpha value is -3.55. The molecule has 8 heteroatoms. The summed E-state index contributed by atoms with van der Waals surface area (Å²) in [6.07, 6.45) is 2.37. The number of methoxy groups -OCH3 is 2. The summed E-state index contributed by atoms with van der Waals surface area (Å²) in [7, 11) is 3.19. The van der Waals surface area contributed by atoms with E-state index in [0.717, 1.165) is 24.1 Å². The van der Waals surface area contributed by atoms with Crippen molar-refractivity contribution in [3.05, 3.63) is 53.6 Å². The molecule has 1 unspecified atom stereocenters. The molecule has 2 aromatic carbocycles. The van der Waals surface area contributed by atoms with Crippen molar-refractivity contribution in [3.8, 4) is 11.5 Å². The predicted molar refractivity (Wildman–Crippen MR) is 128 cm³/mol. The van der Waals surface area contributed by atoms with Gasteiger partial charge in [-0.3, -0.25) is 14.4 Å². The van der Waals surface area contributed by atoms with Gasteiger partial charge >= 0.3 is 0 Å². The molecule has 34 heavy (non-hydrogen) atoms. The van der Waals surface area contributed by atoms with Gasteiger partial charge in [0.15, 0.2) is 11.5 Å². The molecule has 4 rings (SSSR count). The molecule has 0 radical (unpaired) electrons. The van der Waals surface area contributed by atoms with Gasteiger partial charge in [-0.25, -0.2) is 0 Å². The molecule has 2 heterocycles. The number of benzene rings is 2. The number of hydrogen-bond donors (Lipinski definition) is 1. The van der Waals surface area contributed by atoms with Crippen LogP contribution >= 0.6 is 0 Å². The van der Waals surface area contributed by atoms with Crippen molar-refractivity contribution >= 4 is 23.4 Å². The Labute approximate surface area is 199 Å². The Morgan fingerprint density at radius 2 is 1.82 bits per heavy atom. The molecule has 2 aliphatic rings. The summed E-state index contributed by atoms with van der Waals surface area (Å²) in [5.74, 6) is 0.935. The van der Waals surface area contributed by atoms with Crippen LogP contribution in [0.4, 0.5) is 5.69 Å². The van der Waals surface area contributed by atoms with Crippen molar-refractivity contribution in [2.24, 2.45) is 5.92 Å². The van der Waals surface area contributed by atoms with E-state index in [1.54, 1.807) is 19.1 Å². The lowest BCUT2D eigenvalue weighted by Crippen LogP contribution is -2.30. The molecule has 2 fully saturated rings. The minimum Gasteiger partial charge on any atom is -0.493 e. The lowest BCUT2D eigenvalue weighted by atomic mass is 10.1. The fraction of sp³-hybridized carbons (Fsp3) is 0.423. The molecule has 2 aromatic rings. The van der Waals surface area contributed by atoms with Crippen molar-refractivity contribution in [2.75, 3.05) is 39.2 Å². The lowest BCUT2D eigenvalue weighted by molar-refractivity contribution is -0.128. The highest BCUT2D eigenvalue weighted by Gasteiger charge is 2.34. The van der Waals surface area contributed by atoms with E-state index in [-0.39, 0.29) is 30.1 Å². The number of rotatable bonds is 9. The number of nitrogens with zero attached hydrogens (tertiary/aromatic N) is 2. The van der Waals surface area contributed by atoms with E-state index < -0.39 is 0 Å². The Morgan fingerprint density at radius 3 is 2.56 bits per heavy atom. The third-order valence-electron chi connectivity index (χ3n) is 6.44. The third-order valence-corrected chi connectivity index (χ3v) is 6.44. The van der Waals surface area contributed by atoms with Crippen LogP contribution in [0.3, 0.4) is 0 Å². The average Bonchev–Trinajstić information content (AvgIpc) is 3.42. The van der Waals surface area contributed by atoms with Gasteiger partial charge in [0.2, 0.25) is 17.7 Å². The first-order valence-electron chi connectivity index (χ1n) is 11.6. The summed E-state index contributed by atoms with van der Waals surface area (Å²) in [5, 5.41) is 2.95. The van der Waals surface area contributed by atoms with Crippen molar-refractivity contribution < 1.29 is 23.9 Å². The van der Waals surface area contributed by atoms with Crippen LogP contribution in [0.1, 0.15) is 30.4 Å². The summed E-state index contributed by atoms with van der Waals surface area (Å²) in [6, 6.07) is 13.3. The molecule has 1 atom stereocenters. The zero-order valence-corrected chi connectivity index (χ0v) is 19.7. The van der Waals surface area contributed by atoms with Gasteiger partial charge in [0, 0.05) is 44.7 Å². The lowest BCUT2D eigenvalue weighted by Gasteiger charge is -2.18. The molecule has 0 spiro atoms. The quantitative estimate of drug-likeness (QED) is 0.615. The van der Waals surface area contributed by atoms with Crippen LogP contribution < -0.4 is 14.8 Å². The summed E-state index contributed by atoms with van der Waals surface area (Å²) >= 11 is 0. The standard InChI is InChI=1S/C26H31N3O5/c1-33-22-9-8-18(14-23(22)34-2)10-12-29-17-20(15-25(29)31)26(32)27-21-6-3-5-19(13-21)16-28-11-4-7-24(28)30/h3,5-6,8-9,13-14,20H,4,7,10-12,15-17H2,1-2H3,(H,27,32). The van der Waals surface area contributed by atoms with E-state index in [0.29, 0.717) is 49.7 Å². The van der Waals surface area contributed by atoms with Crippen molar-refractivity contribution in [1.82, 2.24) is 9.80 Å². The molecule has 0 aromatic heterocycles. The third kappa shape index (κ3) is 5.50. The van der Waals surface area contributed by atoms with Gasteiger partial charge in [-0.15, -0.1) is 0 Å². The van der Waals surface area contributed by atoms with Crippen molar-refractivity contribution in [1.29, 1.82) is 0 Å². The minimum absolute atomic E-state index is 0.0121. The van der Waals surface area contributed by atoms with E-state index in [2.05, 4.69) is 5.32 Å². The molecule has 0 aliphatic carbocycles. The Morgan fingerprint density at radius 1 is 1.00 bits per heavy atom. The summed E-state index contributed by atoms with van der Waals surface area (Å²) in [6.45, 7) is 2.27. The number of carbonyl (C=O) groups is 3. The molecule has 3 amide bonds. The molecule has 0 saturated carbocycles. The van der Waals surface area contributed by atoms with Crippen LogP contribution in [0, 0.1) is 5.92 Å². The zero-order chi connectivity index (χ0) is 24.1. The van der Waals surface area contributed by atoms with E-state index in [9.17, 15) is 14.4 Å². The Balaban J connectivity index is 1.31. The van der Waals surface area contributed by atoms with Crippen molar-refractivity contribution in [2.45, 2.75) is 32.2 Å². The number of anilines is 1. The molecule has 2 saturated heterocycles. The second kappa shape index (κ2) is 10.6. The smallest absolute Gasteiger partial charge is 0.229 e. The highest BCUT2D eigenvalue weighted by molar-refractivity contribution is 5.97. The zero-order valence-electron chi connectivity index (χ0n) is 19.7. The fourth-order valence-corrected chi connectivity index (χ4v) is 4.55. The second-order valence-corrected chi connectivity index (χ2v) is 8.79. The Kier molecular flexibility index (Phi) is 7.35. The molecule has 0 bridgehead atoms. The monoisotopic (exact) mass is 465 g/mol. The molecule has 1 N–H and O–H groups in total. The van der Waals surface area contributed by atoms with Crippen molar-refractivity contribution in [3.63, 3.8) is 0 Å². The fourth-order valence-electron chi connectivity index (χ4n) is 4.55. The van der Waals surface area contributed by atoms with Gasteiger partial charge in [-0.1, -0.05) is 18.2 Å². The van der Waals surface area contributed by atoms with Gasteiger partial charge in [-0.05, 0) is 48.2 Å². The highest BCUT2D eigenvalue weighted by Crippen LogP contribution is 2.28. The normalized spacial score (nSPS) is 17.9. The molecular formula is C26H31N3O5. The highest BCUT2D eigenvalue weighted by atomic mass is 16.5. The van der Waals surface area contributed by atoms with Gasteiger partial charge < -0.3 is 24.6 Å².